The topological polar surface area (TPSA) is 143 Å². The third-order valence-electron chi connectivity index (χ3n) is 4.18. The van der Waals surface area contributed by atoms with Gasteiger partial charge in [0.1, 0.15) is 0 Å². The smallest absolute Gasteiger partial charge is 0.411 e. The van der Waals surface area contributed by atoms with Gasteiger partial charge in [0.25, 0.3) is 23.7 Å². The molecule has 0 aliphatic carbocycles. The van der Waals surface area contributed by atoms with Crippen LogP contribution in [0.5, 0.6) is 0 Å². The van der Waals surface area contributed by atoms with Crippen LogP contribution in [0.25, 0.3) is 5.95 Å². The van der Waals surface area contributed by atoms with Crippen molar-refractivity contribution in [3.63, 3.8) is 0 Å². The lowest BCUT2D eigenvalue weighted by Gasteiger charge is -2.21. The minimum absolute atomic E-state index is 0.117. The van der Waals surface area contributed by atoms with Gasteiger partial charge in [-0.2, -0.15) is 9.67 Å². The van der Waals surface area contributed by atoms with Crippen molar-refractivity contribution in [2.75, 3.05) is 5.32 Å². The molecule has 0 saturated carbocycles. The minimum Gasteiger partial charge on any atom is -0.465 e. The zero-order valence-electron chi connectivity index (χ0n) is 14.5. The van der Waals surface area contributed by atoms with E-state index < -0.39 is 23.9 Å². The molecule has 4 rings (SSSR count). The molecule has 0 radical (unpaired) electrons. The molecule has 2 N–H and O–H groups in total. The molecule has 11 heteroatoms. The number of rotatable bonds is 4. The molecule has 2 aromatic heterocycles. The number of anilines is 1. The number of hydrogen-bond acceptors (Lipinski definition) is 7. The van der Waals surface area contributed by atoms with Crippen LogP contribution in [0.15, 0.2) is 42.7 Å². The zero-order valence-corrected chi connectivity index (χ0v) is 14.5. The van der Waals surface area contributed by atoms with E-state index in [-0.39, 0.29) is 17.7 Å². The average molecular weight is 379 g/mol. The second kappa shape index (κ2) is 6.54. The third-order valence-corrected chi connectivity index (χ3v) is 4.18. The largest absolute Gasteiger partial charge is 0.465 e. The van der Waals surface area contributed by atoms with Gasteiger partial charge in [0, 0.05) is 12.4 Å². The number of aromatic nitrogens is 5. The molecule has 0 spiro atoms. The number of fused-ring (bicyclic) bond motifs is 1. The Balaban J connectivity index is 1.78. The number of hydrogen-bond donors (Lipinski definition) is 2. The van der Waals surface area contributed by atoms with Gasteiger partial charge in [0.2, 0.25) is 0 Å². The molecule has 1 aliphatic rings. The van der Waals surface area contributed by atoms with Crippen molar-refractivity contribution in [2.24, 2.45) is 0 Å². The van der Waals surface area contributed by atoms with Crippen LogP contribution in [0.4, 0.5) is 10.7 Å². The highest BCUT2D eigenvalue weighted by atomic mass is 16.4. The molecule has 0 bridgehead atoms. The van der Waals surface area contributed by atoms with E-state index in [0.29, 0.717) is 11.1 Å². The first-order valence-corrected chi connectivity index (χ1v) is 8.18. The molecule has 11 nitrogen and oxygen atoms in total. The Morgan fingerprint density at radius 2 is 1.68 bits per heavy atom. The Labute approximate surface area is 157 Å². The first-order valence-electron chi connectivity index (χ1n) is 8.18. The first-order chi connectivity index (χ1) is 13.5. The maximum absolute atomic E-state index is 12.8. The SMILES string of the molecule is CC(c1nc(NC(=O)O)nn1-c1ncccn1)N1C(=O)c2ccccc2C1=O. The standard InChI is InChI=1S/C17H13N7O4/c1-9(23-13(25)10-5-2-3-6-11(10)14(23)26)12-20-15(21-17(27)28)22-24(12)16-18-7-4-8-19-16/h2-9H,1H3,(H,21,22)(H,27,28). The van der Waals surface area contributed by atoms with Crippen LogP contribution in [-0.4, -0.2) is 52.6 Å². The van der Waals surface area contributed by atoms with Crippen LogP contribution in [0, 0.1) is 0 Å². The molecule has 0 fully saturated rings. The summed E-state index contributed by atoms with van der Waals surface area (Å²) in [5, 5.41) is 15.0. The maximum Gasteiger partial charge on any atom is 0.411 e. The summed E-state index contributed by atoms with van der Waals surface area (Å²) in [6, 6.07) is 7.24. The number of benzene rings is 1. The van der Waals surface area contributed by atoms with E-state index in [4.69, 9.17) is 5.11 Å². The van der Waals surface area contributed by atoms with Crippen LogP contribution in [-0.2, 0) is 0 Å². The Bertz CT molecular complexity index is 1060. The van der Waals surface area contributed by atoms with Crippen LogP contribution in [0.3, 0.4) is 0 Å². The number of carbonyl (C=O) groups excluding carboxylic acids is 2. The molecule has 3 aromatic rings. The summed E-state index contributed by atoms with van der Waals surface area (Å²) in [5.41, 5.74) is 0.593. The molecule has 1 aromatic carbocycles. The van der Waals surface area contributed by atoms with Crippen molar-refractivity contribution in [1.29, 1.82) is 0 Å². The second-order valence-corrected chi connectivity index (χ2v) is 5.89. The van der Waals surface area contributed by atoms with Gasteiger partial charge in [0.05, 0.1) is 17.2 Å². The van der Waals surface area contributed by atoms with E-state index in [1.54, 1.807) is 37.3 Å². The monoisotopic (exact) mass is 379 g/mol. The van der Waals surface area contributed by atoms with Crippen LogP contribution in [0.1, 0.15) is 39.5 Å². The van der Waals surface area contributed by atoms with Gasteiger partial charge in [0.15, 0.2) is 5.82 Å². The van der Waals surface area contributed by atoms with Crippen molar-refractivity contribution in [1.82, 2.24) is 29.6 Å². The molecule has 1 aliphatic heterocycles. The van der Waals surface area contributed by atoms with Gasteiger partial charge < -0.3 is 5.11 Å². The number of carboxylic acid groups (broad SMARTS) is 1. The molecule has 0 saturated heterocycles. The Hall–Kier alpha value is -4.15. The van der Waals surface area contributed by atoms with E-state index >= 15 is 0 Å². The second-order valence-electron chi connectivity index (χ2n) is 5.89. The summed E-state index contributed by atoms with van der Waals surface area (Å²) < 4.78 is 1.19. The van der Waals surface area contributed by atoms with Gasteiger partial charge in [-0.05, 0) is 25.1 Å². The van der Waals surface area contributed by atoms with Gasteiger partial charge in [-0.3, -0.25) is 19.8 Å². The molecular weight excluding hydrogens is 366 g/mol. The molecule has 3 amide bonds. The normalized spacial score (nSPS) is 14.1. The van der Waals surface area contributed by atoms with Crippen LogP contribution >= 0.6 is 0 Å². The van der Waals surface area contributed by atoms with Gasteiger partial charge in [-0.25, -0.2) is 14.8 Å². The molecule has 28 heavy (non-hydrogen) atoms. The summed E-state index contributed by atoms with van der Waals surface area (Å²) in [6.45, 7) is 1.59. The average Bonchev–Trinajstić information content (AvgIpc) is 3.21. The molecule has 140 valence electrons. The summed E-state index contributed by atoms with van der Waals surface area (Å²) in [7, 11) is 0. The number of nitrogens with zero attached hydrogens (tertiary/aromatic N) is 6. The highest BCUT2D eigenvalue weighted by Gasteiger charge is 2.40. The quantitative estimate of drug-likeness (QED) is 0.649. The van der Waals surface area contributed by atoms with Crippen molar-refractivity contribution >= 4 is 23.9 Å². The van der Waals surface area contributed by atoms with E-state index in [9.17, 15) is 14.4 Å². The van der Waals surface area contributed by atoms with Crippen molar-refractivity contribution in [3.8, 4) is 5.95 Å². The summed E-state index contributed by atoms with van der Waals surface area (Å²) in [4.78, 5) is 49.8. The van der Waals surface area contributed by atoms with E-state index in [1.165, 1.54) is 17.1 Å². The summed E-state index contributed by atoms with van der Waals surface area (Å²) in [5.74, 6) is -0.913. The lowest BCUT2D eigenvalue weighted by atomic mass is 10.1. The lowest BCUT2D eigenvalue weighted by molar-refractivity contribution is 0.0587. The fourth-order valence-corrected chi connectivity index (χ4v) is 2.97. The summed E-state index contributed by atoms with van der Waals surface area (Å²) >= 11 is 0. The van der Waals surface area contributed by atoms with Crippen LogP contribution in [0.2, 0.25) is 0 Å². The predicted molar refractivity (Wildman–Crippen MR) is 94.0 cm³/mol. The van der Waals surface area contributed by atoms with Crippen molar-refractivity contribution < 1.29 is 19.5 Å². The highest BCUT2D eigenvalue weighted by molar-refractivity contribution is 6.21. The Morgan fingerprint density at radius 3 is 2.25 bits per heavy atom. The Kier molecular flexibility index (Phi) is 4.03. The molecule has 1 unspecified atom stereocenters. The molecule has 1 atom stereocenters. The predicted octanol–water partition coefficient (Wildman–Crippen LogP) is 1.50. The number of nitrogens with one attached hydrogen (secondary N) is 1. The Morgan fingerprint density at radius 1 is 1.07 bits per heavy atom. The third kappa shape index (κ3) is 2.74. The lowest BCUT2D eigenvalue weighted by Crippen LogP contribution is -2.34. The fraction of sp³-hybridized carbons (Fsp3) is 0.118. The number of amides is 3. The minimum atomic E-state index is -1.36. The van der Waals surface area contributed by atoms with Crippen molar-refractivity contribution in [2.45, 2.75) is 13.0 Å². The maximum atomic E-state index is 12.8. The molecule has 3 heterocycles. The van der Waals surface area contributed by atoms with Gasteiger partial charge >= 0.3 is 6.09 Å². The highest BCUT2D eigenvalue weighted by Crippen LogP contribution is 2.31. The zero-order chi connectivity index (χ0) is 19.8. The number of imide groups is 1. The first kappa shape index (κ1) is 17.3. The van der Waals surface area contributed by atoms with Crippen molar-refractivity contribution in [3.05, 3.63) is 59.7 Å². The van der Waals surface area contributed by atoms with Crippen LogP contribution < -0.4 is 5.32 Å². The molecular formula is C17H13N7O4. The fourth-order valence-electron chi connectivity index (χ4n) is 2.97. The van der Waals surface area contributed by atoms with E-state index in [0.717, 1.165) is 4.90 Å². The van der Waals surface area contributed by atoms with E-state index in [2.05, 4.69) is 20.1 Å². The van der Waals surface area contributed by atoms with E-state index in [1.807, 2.05) is 5.32 Å². The van der Waals surface area contributed by atoms with Gasteiger partial charge in [-0.1, -0.05) is 12.1 Å². The summed E-state index contributed by atoms with van der Waals surface area (Å²) in [6.07, 6.45) is 1.60. The van der Waals surface area contributed by atoms with Gasteiger partial charge in [-0.15, -0.1) is 5.10 Å². The number of carbonyl (C=O) groups is 3.